The fraction of sp³-hybridized carbons (Fsp3) is 0.938. The Hall–Kier alpha value is -0.713. The van der Waals surface area contributed by atoms with E-state index in [2.05, 4.69) is 5.32 Å². The minimum absolute atomic E-state index is 0.216. The van der Waals surface area contributed by atoms with Crippen LogP contribution in [0.15, 0.2) is 0 Å². The van der Waals surface area contributed by atoms with Crippen molar-refractivity contribution in [1.29, 1.82) is 0 Å². The molecule has 0 aliphatic carbocycles. The highest BCUT2D eigenvalue weighted by Crippen LogP contribution is 2.17. The minimum atomic E-state index is -2.64. The molecule has 25 heavy (non-hydrogen) atoms. The molecule has 0 aliphatic rings. The smallest absolute Gasteiger partial charge is 0.447 e. The van der Waals surface area contributed by atoms with Crippen molar-refractivity contribution in [2.75, 3.05) is 59.4 Å². The fourth-order valence-corrected chi connectivity index (χ4v) is 4.72. The second-order valence-corrected chi connectivity index (χ2v) is 7.69. The summed E-state index contributed by atoms with van der Waals surface area (Å²) in [5.74, 6) is 0. The van der Waals surface area contributed by atoms with E-state index in [1.807, 2.05) is 27.7 Å². The van der Waals surface area contributed by atoms with Gasteiger partial charge in [-0.2, -0.15) is 0 Å². The van der Waals surface area contributed by atoms with Crippen LogP contribution >= 0.6 is 0 Å². The van der Waals surface area contributed by atoms with Gasteiger partial charge in [-0.15, -0.1) is 0 Å². The maximum Gasteiger partial charge on any atom is 0.500 e. The van der Waals surface area contributed by atoms with Crippen LogP contribution in [-0.2, 0) is 27.5 Å². The topological polar surface area (TPSA) is 84.5 Å². The first kappa shape index (κ1) is 24.3. The van der Waals surface area contributed by atoms with E-state index in [1.165, 1.54) is 0 Å². The summed E-state index contributed by atoms with van der Waals surface area (Å²) in [6, 6.07) is 0.656. The van der Waals surface area contributed by atoms with Crippen molar-refractivity contribution in [2.45, 2.75) is 40.2 Å². The second kappa shape index (κ2) is 16.7. The van der Waals surface area contributed by atoms with E-state index in [0.29, 0.717) is 65.3 Å². The molecule has 0 fully saturated rings. The third-order valence-electron chi connectivity index (χ3n) is 3.06. The molecule has 0 atom stereocenters. The van der Waals surface area contributed by atoms with Crippen LogP contribution in [-0.4, -0.2) is 74.3 Å². The van der Waals surface area contributed by atoms with Gasteiger partial charge in [0.25, 0.3) is 0 Å². The van der Waals surface area contributed by atoms with E-state index < -0.39 is 14.9 Å². The van der Waals surface area contributed by atoms with Crippen molar-refractivity contribution in [3.05, 3.63) is 0 Å². The van der Waals surface area contributed by atoms with Gasteiger partial charge in [0.2, 0.25) is 0 Å². The lowest BCUT2D eigenvalue weighted by atomic mass is 10.5. The molecule has 1 amide bonds. The Kier molecular flexibility index (Phi) is 16.3. The van der Waals surface area contributed by atoms with Crippen LogP contribution in [0.1, 0.15) is 34.1 Å². The van der Waals surface area contributed by atoms with Gasteiger partial charge in [-0.05, 0) is 34.1 Å². The third-order valence-corrected chi connectivity index (χ3v) is 6.21. The first-order chi connectivity index (χ1) is 12.1. The quantitative estimate of drug-likeness (QED) is 0.305. The molecular weight excluding hydrogens is 346 g/mol. The maximum atomic E-state index is 11.6. The predicted octanol–water partition coefficient (Wildman–Crippen LogP) is 2.20. The Morgan fingerprint density at radius 1 is 0.800 bits per heavy atom. The SMILES string of the molecule is CCOCCOCCOC(=O)NCCC[Si](OCC)(OCC)OCC. The standard InChI is InChI=1S/C16H35NO7Si/c1-5-19-11-12-20-13-14-21-16(18)17-10-9-15-25(22-6-2,23-7-3)24-8-4/h5-15H2,1-4H3,(H,17,18). The van der Waals surface area contributed by atoms with Crippen LogP contribution in [0.25, 0.3) is 0 Å². The molecule has 8 nitrogen and oxygen atoms in total. The summed E-state index contributed by atoms with van der Waals surface area (Å²) in [6.45, 7) is 12.1. The maximum absolute atomic E-state index is 11.6. The van der Waals surface area contributed by atoms with Crippen molar-refractivity contribution in [3.8, 4) is 0 Å². The highest BCUT2D eigenvalue weighted by Gasteiger charge is 2.39. The summed E-state index contributed by atoms with van der Waals surface area (Å²) in [5.41, 5.74) is 0. The third kappa shape index (κ3) is 13.2. The fourth-order valence-electron chi connectivity index (χ4n) is 2.11. The summed E-state index contributed by atoms with van der Waals surface area (Å²) >= 11 is 0. The molecule has 0 bridgehead atoms. The van der Waals surface area contributed by atoms with Gasteiger partial charge in [0, 0.05) is 39.0 Å². The van der Waals surface area contributed by atoms with Crippen LogP contribution in [0, 0.1) is 0 Å². The summed E-state index contributed by atoms with van der Waals surface area (Å²) in [4.78, 5) is 11.6. The number of nitrogens with one attached hydrogen (secondary N) is 1. The van der Waals surface area contributed by atoms with E-state index in [1.54, 1.807) is 0 Å². The molecule has 0 radical (unpaired) electrons. The number of hydrogen-bond donors (Lipinski definition) is 1. The molecule has 0 aromatic heterocycles. The number of carbonyl (C=O) groups is 1. The Labute approximate surface area is 152 Å². The first-order valence-corrected chi connectivity index (χ1v) is 11.0. The number of carbonyl (C=O) groups excluding carboxylic acids is 1. The van der Waals surface area contributed by atoms with Crippen molar-refractivity contribution in [2.24, 2.45) is 0 Å². The van der Waals surface area contributed by atoms with Gasteiger partial charge in [0.1, 0.15) is 6.61 Å². The van der Waals surface area contributed by atoms with E-state index in [-0.39, 0.29) is 6.61 Å². The zero-order valence-corrected chi connectivity index (χ0v) is 17.1. The van der Waals surface area contributed by atoms with Gasteiger partial charge < -0.3 is 32.8 Å². The molecule has 9 heteroatoms. The number of rotatable bonds is 17. The van der Waals surface area contributed by atoms with E-state index in [0.717, 1.165) is 0 Å². The predicted molar refractivity (Wildman–Crippen MR) is 96.7 cm³/mol. The van der Waals surface area contributed by atoms with E-state index in [9.17, 15) is 4.79 Å². The van der Waals surface area contributed by atoms with E-state index >= 15 is 0 Å². The van der Waals surface area contributed by atoms with Gasteiger partial charge in [-0.3, -0.25) is 0 Å². The van der Waals surface area contributed by atoms with Crippen LogP contribution in [0.4, 0.5) is 4.79 Å². The van der Waals surface area contributed by atoms with E-state index in [4.69, 9.17) is 27.5 Å². The van der Waals surface area contributed by atoms with Gasteiger partial charge in [0.15, 0.2) is 0 Å². The largest absolute Gasteiger partial charge is 0.500 e. The van der Waals surface area contributed by atoms with Crippen LogP contribution < -0.4 is 5.32 Å². The summed E-state index contributed by atoms with van der Waals surface area (Å²) in [5, 5.41) is 2.71. The van der Waals surface area contributed by atoms with Crippen molar-refractivity contribution < 1.29 is 32.3 Å². The minimum Gasteiger partial charge on any atom is -0.447 e. The molecule has 150 valence electrons. The van der Waals surface area contributed by atoms with Gasteiger partial charge in [0.05, 0.1) is 19.8 Å². The van der Waals surface area contributed by atoms with Crippen LogP contribution in [0.2, 0.25) is 6.04 Å². The highest BCUT2D eigenvalue weighted by molar-refractivity contribution is 6.60. The zero-order chi connectivity index (χ0) is 18.8. The monoisotopic (exact) mass is 381 g/mol. The Morgan fingerprint density at radius 2 is 1.36 bits per heavy atom. The summed E-state index contributed by atoms with van der Waals surface area (Å²) in [6.07, 6.45) is 0.247. The normalized spacial score (nSPS) is 11.5. The molecule has 0 spiro atoms. The molecular formula is C16H35NO7Si. The van der Waals surface area contributed by atoms with Gasteiger partial charge in [-0.25, -0.2) is 4.79 Å². The van der Waals surface area contributed by atoms with Crippen LogP contribution in [0.3, 0.4) is 0 Å². The van der Waals surface area contributed by atoms with Crippen molar-refractivity contribution >= 4 is 14.9 Å². The highest BCUT2D eigenvalue weighted by atomic mass is 28.4. The molecule has 0 aromatic carbocycles. The molecule has 0 saturated carbocycles. The lowest BCUT2D eigenvalue weighted by molar-refractivity contribution is 0.0314. The number of ether oxygens (including phenoxy) is 3. The Bertz CT molecular complexity index is 304. The number of alkyl carbamates (subject to hydrolysis) is 1. The van der Waals surface area contributed by atoms with Crippen LogP contribution in [0.5, 0.6) is 0 Å². The molecule has 0 rings (SSSR count). The molecule has 0 heterocycles. The Balaban J connectivity index is 3.83. The molecule has 0 aromatic rings. The molecule has 0 aliphatic heterocycles. The Morgan fingerprint density at radius 3 is 1.92 bits per heavy atom. The molecule has 1 N–H and O–H groups in total. The molecule has 0 unspecified atom stereocenters. The average molecular weight is 382 g/mol. The van der Waals surface area contributed by atoms with Crippen molar-refractivity contribution in [1.82, 2.24) is 5.32 Å². The summed E-state index contributed by atoms with van der Waals surface area (Å²) < 4.78 is 32.7. The average Bonchev–Trinajstić information content (AvgIpc) is 2.59. The van der Waals surface area contributed by atoms with Gasteiger partial charge in [-0.1, -0.05) is 0 Å². The zero-order valence-electron chi connectivity index (χ0n) is 16.1. The van der Waals surface area contributed by atoms with Gasteiger partial charge >= 0.3 is 14.9 Å². The second-order valence-electron chi connectivity index (χ2n) is 4.96. The number of hydrogen-bond acceptors (Lipinski definition) is 7. The first-order valence-electron chi connectivity index (χ1n) is 9.12. The summed E-state index contributed by atoms with van der Waals surface area (Å²) in [7, 11) is -2.64. The van der Waals surface area contributed by atoms with Crippen molar-refractivity contribution in [3.63, 3.8) is 0 Å². The number of amides is 1. The lowest BCUT2D eigenvalue weighted by Gasteiger charge is -2.28. The lowest BCUT2D eigenvalue weighted by Crippen LogP contribution is -2.46. The molecule has 0 saturated heterocycles.